The average molecular weight is 521 g/mol. The summed E-state index contributed by atoms with van der Waals surface area (Å²) in [5.74, 6) is -1.26. The van der Waals surface area contributed by atoms with Gasteiger partial charge in [0.25, 0.3) is 0 Å². The number of phenols is 1. The first-order valence-electron chi connectivity index (χ1n) is 14.3. The third kappa shape index (κ3) is 15.3. The van der Waals surface area contributed by atoms with Gasteiger partial charge in [0.2, 0.25) is 5.91 Å². The molecular formula is C29H48N2O6. The van der Waals surface area contributed by atoms with Crippen LogP contribution in [0.4, 0.5) is 5.69 Å². The molecule has 8 heteroatoms. The molecule has 1 unspecified atom stereocenters. The van der Waals surface area contributed by atoms with Crippen LogP contribution < -0.4 is 5.32 Å². The molecule has 37 heavy (non-hydrogen) atoms. The van der Waals surface area contributed by atoms with E-state index in [-0.39, 0.29) is 18.9 Å². The van der Waals surface area contributed by atoms with Gasteiger partial charge in [-0.2, -0.15) is 0 Å². The van der Waals surface area contributed by atoms with Crippen LogP contribution in [0.15, 0.2) is 18.2 Å². The SMILES string of the molecule is CCCCCCCCCCCCCCCCCC(=O)NC(Cc1ccc(O)c([N+](=O)[O-])c1)C(=O)OCC. The zero-order valence-corrected chi connectivity index (χ0v) is 23.0. The normalized spacial score (nSPS) is 11.7. The topological polar surface area (TPSA) is 119 Å². The Morgan fingerprint density at radius 2 is 1.41 bits per heavy atom. The van der Waals surface area contributed by atoms with Crippen LogP contribution >= 0.6 is 0 Å². The molecule has 1 aromatic carbocycles. The van der Waals surface area contributed by atoms with Crippen LogP contribution in [0.25, 0.3) is 0 Å². The van der Waals surface area contributed by atoms with Gasteiger partial charge in [0, 0.05) is 18.9 Å². The number of esters is 1. The fourth-order valence-corrected chi connectivity index (χ4v) is 4.44. The number of ether oxygens (including phenoxy) is 1. The number of hydrogen-bond donors (Lipinski definition) is 2. The molecule has 0 bridgehead atoms. The summed E-state index contributed by atoms with van der Waals surface area (Å²) in [6.45, 7) is 4.10. The summed E-state index contributed by atoms with van der Waals surface area (Å²) < 4.78 is 5.07. The number of nitro benzene ring substituents is 1. The van der Waals surface area contributed by atoms with Crippen molar-refractivity contribution in [2.24, 2.45) is 0 Å². The molecule has 0 heterocycles. The minimum absolute atomic E-state index is 0.0462. The van der Waals surface area contributed by atoms with Crippen molar-refractivity contribution < 1.29 is 24.4 Å². The number of carbonyl (C=O) groups excluding carboxylic acids is 2. The van der Waals surface area contributed by atoms with Crippen molar-refractivity contribution >= 4 is 17.6 Å². The van der Waals surface area contributed by atoms with Crippen molar-refractivity contribution in [1.29, 1.82) is 0 Å². The maximum absolute atomic E-state index is 12.4. The van der Waals surface area contributed by atoms with Crippen molar-refractivity contribution in [1.82, 2.24) is 5.32 Å². The highest BCUT2D eigenvalue weighted by Crippen LogP contribution is 2.27. The molecule has 2 N–H and O–H groups in total. The second-order valence-corrected chi connectivity index (χ2v) is 9.86. The minimum Gasteiger partial charge on any atom is -0.502 e. The number of carbonyl (C=O) groups is 2. The van der Waals surface area contributed by atoms with E-state index in [0.717, 1.165) is 19.3 Å². The lowest BCUT2D eigenvalue weighted by Crippen LogP contribution is -2.43. The summed E-state index contributed by atoms with van der Waals surface area (Å²) >= 11 is 0. The number of nitro groups is 1. The lowest BCUT2D eigenvalue weighted by molar-refractivity contribution is -0.385. The molecule has 0 fully saturated rings. The maximum atomic E-state index is 12.4. The molecule has 0 aromatic heterocycles. The van der Waals surface area contributed by atoms with Crippen LogP contribution in [0.2, 0.25) is 0 Å². The van der Waals surface area contributed by atoms with E-state index in [1.165, 1.54) is 95.2 Å². The van der Waals surface area contributed by atoms with Gasteiger partial charge in [0.05, 0.1) is 11.5 Å². The first kappa shape index (κ1) is 32.4. The van der Waals surface area contributed by atoms with E-state index in [2.05, 4.69) is 12.2 Å². The van der Waals surface area contributed by atoms with Gasteiger partial charge in [-0.15, -0.1) is 0 Å². The van der Waals surface area contributed by atoms with Crippen LogP contribution in [-0.4, -0.2) is 34.6 Å². The Bertz CT molecular complexity index is 799. The van der Waals surface area contributed by atoms with Crippen LogP contribution in [0.5, 0.6) is 5.75 Å². The van der Waals surface area contributed by atoms with E-state index < -0.39 is 28.4 Å². The number of phenolic OH excluding ortho intramolecular Hbond substituents is 1. The molecular weight excluding hydrogens is 472 g/mol. The quantitative estimate of drug-likeness (QED) is 0.0725. The molecule has 0 aliphatic carbocycles. The fourth-order valence-electron chi connectivity index (χ4n) is 4.44. The second kappa shape index (κ2) is 20.4. The highest BCUT2D eigenvalue weighted by Gasteiger charge is 2.24. The monoisotopic (exact) mass is 520 g/mol. The molecule has 210 valence electrons. The molecule has 1 atom stereocenters. The van der Waals surface area contributed by atoms with Gasteiger partial charge in [0.15, 0.2) is 5.75 Å². The summed E-state index contributed by atoms with van der Waals surface area (Å²) in [5.41, 5.74) is 0.0130. The van der Waals surface area contributed by atoms with E-state index in [1.807, 2.05) is 0 Å². The number of unbranched alkanes of at least 4 members (excludes halogenated alkanes) is 14. The summed E-state index contributed by atoms with van der Waals surface area (Å²) in [7, 11) is 0. The standard InChI is InChI=1S/C29H48N2O6/c1-3-5-6-7-8-9-10-11-12-13-14-15-16-17-18-19-28(33)30-25(29(34)37-4-2)22-24-20-21-27(32)26(23-24)31(35)36/h20-21,23,25,32H,3-19,22H2,1-2H3,(H,30,33). The molecule has 8 nitrogen and oxygen atoms in total. The van der Waals surface area contributed by atoms with Gasteiger partial charge >= 0.3 is 11.7 Å². The van der Waals surface area contributed by atoms with Gasteiger partial charge in [-0.25, -0.2) is 4.79 Å². The highest BCUT2D eigenvalue weighted by atomic mass is 16.6. The van der Waals surface area contributed by atoms with Gasteiger partial charge in [-0.05, 0) is 25.0 Å². The largest absolute Gasteiger partial charge is 0.502 e. The van der Waals surface area contributed by atoms with Gasteiger partial charge in [0.1, 0.15) is 6.04 Å². The van der Waals surface area contributed by atoms with E-state index in [0.29, 0.717) is 12.0 Å². The minimum atomic E-state index is -0.937. The Kier molecular flexibility index (Phi) is 17.9. The third-order valence-corrected chi connectivity index (χ3v) is 6.59. The van der Waals surface area contributed by atoms with E-state index >= 15 is 0 Å². The Morgan fingerprint density at radius 1 is 0.892 bits per heavy atom. The molecule has 0 spiro atoms. The summed E-state index contributed by atoms with van der Waals surface area (Å²) in [6.07, 6.45) is 19.1. The van der Waals surface area contributed by atoms with Crippen LogP contribution in [0.1, 0.15) is 122 Å². The Labute approximate surface area is 222 Å². The Morgan fingerprint density at radius 3 is 1.89 bits per heavy atom. The summed E-state index contributed by atoms with van der Waals surface area (Å²) in [6, 6.07) is 2.98. The first-order chi connectivity index (χ1) is 17.9. The van der Waals surface area contributed by atoms with E-state index in [9.17, 15) is 24.8 Å². The Hall–Kier alpha value is -2.64. The molecule has 0 aliphatic heterocycles. The Balaban J connectivity index is 2.23. The fraction of sp³-hybridized carbons (Fsp3) is 0.724. The molecule has 1 amide bonds. The van der Waals surface area contributed by atoms with Crippen molar-refractivity contribution in [3.63, 3.8) is 0 Å². The molecule has 1 rings (SSSR count). The van der Waals surface area contributed by atoms with E-state index in [4.69, 9.17) is 4.74 Å². The van der Waals surface area contributed by atoms with E-state index in [1.54, 1.807) is 6.92 Å². The molecule has 0 aliphatic rings. The smallest absolute Gasteiger partial charge is 0.328 e. The predicted octanol–water partition coefficient (Wildman–Crippen LogP) is 7.15. The average Bonchev–Trinajstić information content (AvgIpc) is 2.87. The zero-order chi connectivity index (χ0) is 27.3. The summed E-state index contributed by atoms with van der Waals surface area (Å²) in [4.78, 5) is 35.2. The zero-order valence-electron chi connectivity index (χ0n) is 23.0. The highest BCUT2D eigenvalue weighted by molar-refractivity contribution is 5.84. The molecule has 0 saturated heterocycles. The molecule has 0 radical (unpaired) electrons. The van der Waals surface area contributed by atoms with Crippen LogP contribution in [0, 0.1) is 10.1 Å². The second-order valence-electron chi connectivity index (χ2n) is 9.86. The lowest BCUT2D eigenvalue weighted by Gasteiger charge is -2.17. The maximum Gasteiger partial charge on any atom is 0.328 e. The first-order valence-corrected chi connectivity index (χ1v) is 14.3. The van der Waals surface area contributed by atoms with Crippen LogP contribution in [-0.2, 0) is 20.7 Å². The van der Waals surface area contributed by atoms with Crippen molar-refractivity contribution in [3.8, 4) is 5.75 Å². The van der Waals surface area contributed by atoms with Gasteiger partial charge < -0.3 is 15.2 Å². The number of hydrogen-bond acceptors (Lipinski definition) is 6. The lowest BCUT2D eigenvalue weighted by atomic mass is 10.0. The predicted molar refractivity (Wildman–Crippen MR) is 147 cm³/mol. The number of nitrogens with zero attached hydrogens (tertiary/aromatic N) is 1. The number of amides is 1. The molecule has 0 saturated carbocycles. The van der Waals surface area contributed by atoms with Gasteiger partial charge in [-0.1, -0.05) is 103 Å². The number of aromatic hydroxyl groups is 1. The number of rotatable bonds is 22. The number of benzene rings is 1. The summed E-state index contributed by atoms with van der Waals surface area (Å²) in [5, 5.41) is 23.4. The third-order valence-electron chi connectivity index (χ3n) is 6.59. The molecule has 1 aromatic rings. The number of nitrogens with one attached hydrogen (secondary N) is 1. The van der Waals surface area contributed by atoms with Crippen molar-refractivity contribution in [2.45, 2.75) is 129 Å². The van der Waals surface area contributed by atoms with Crippen molar-refractivity contribution in [3.05, 3.63) is 33.9 Å². The van der Waals surface area contributed by atoms with Crippen molar-refractivity contribution in [2.75, 3.05) is 6.61 Å². The van der Waals surface area contributed by atoms with Gasteiger partial charge in [-0.3, -0.25) is 14.9 Å². The van der Waals surface area contributed by atoms with Crippen LogP contribution in [0.3, 0.4) is 0 Å².